The molecule has 1 amide bonds. The van der Waals surface area contributed by atoms with E-state index < -0.39 is 10.8 Å². The number of carbonyl (C=O) groups excluding carboxylic acids is 1. The minimum Gasteiger partial charge on any atom is -0.355 e. The first-order valence-corrected chi connectivity index (χ1v) is 9.36. The molecule has 0 spiro atoms. The maximum atomic E-state index is 12.4. The molecule has 2 heterocycles. The summed E-state index contributed by atoms with van der Waals surface area (Å²) in [6, 6.07) is 16.9. The van der Waals surface area contributed by atoms with E-state index in [1.165, 1.54) is 31.0 Å². The molecular weight excluding hydrogens is 370 g/mol. The van der Waals surface area contributed by atoms with E-state index in [0.29, 0.717) is 5.69 Å². The molecule has 1 N–H and O–H groups in total. The third kappa shape index (κ3) is 4.06. The maximum Gasteiger partial charge on any atom is 0.282 e. The Balaban J connectivity index is 1.47. The third-order valence-electron chi connectivity index (χ3n) is 4.86. The molecule has 1 aromatic heterocycles. The van der Waals surface area contributed by atoms with Gasteiger partial charge in [0.2, 0.25) is 0 Å². The zero-order valence-corrected chi connectivity index (χ0v) is 15.6. The number of hydrogen-bond acceptors (Lipinski definition) is 6. The van der Waals surface area contributed by atoms with E-state index >= 15 is 0 Å². The normalized spacial score (nSPS) is 13.3. The fraction of sp³-hybridized carbons (Fsp3) is 0.190. The van der Waals surface area contributed by atoms with Crippen LogP contribution in [0.15, 0.2) is 60.7 Å². The number of anilines is 2. The van der Waals surface area contributed by atoms with E-state index in [-0.39, 0.29) is 11.3 Å². The van der Waals surface area contributed by atoms with Crippen LogP contribution >= 0.6 is 0 Å². The number of nitrogens with zero attached hydrogens (tertiary/aromatic N) is 4. The molecule has 0 saturated carbocycles. The molecule has 0 aliphatic carbocycles. The summed E-state index contributed by atoms with van der Waals surface area (Å²) in [5.41, 5.74) is 1.94. The fourth-order valence-electron chi connectivity index (χ4n) is 3.34. The fourth-order valence-corrected chi connectivity index (χ4v) is 3.34. The van der Waals surface area contributed by atoms with Crippen molar-refractivity contribution >= 4 is 23.1 Å². The Hall–Kier alpha value is -3.81. The molecule has 4 rings (SSSR count). The maximum absolute atomic E-state index is 12.4. The molecule has 3 aromatic rings. The highest BCUT2D eigenvalue weighted by molar-refractivity contribution is 6.07. The Morgan fingerprint density at radius 2 is 1.69 bits per heavy atom. The van der Waals surface area contributed by atoms with Crippen molar-refractivity contribution in [3.63, 3.8) is 0 Å². The molecule has 0 unspecified atom stereocenters. The highest BCUT2D eigenvalue weighted by Crippen LogP contribution is 2.23. The highest BCUT2D eigenvalue weighted by atomic mass is 16.6. The lowest BCUT2D eigenvalue weighted by atomic mass is 10.1. The Morgan fingerprint density at radius 3 is 2.34 bits per heavy atom. The molecule has 0 radical (unpaired) electrons. The van der Waals surface area contributed by atoms with Gasteiger partial charge in [-0.2, -0.15) is 0 Å². The zero-order valence-electron chi connectivity index (χ0n) is 15.6. The molecule has 1 aliphatic rings. The number of benzene rings is 2. The monoisotopic (exact) mass is 389 g/mol. The summed E-state index contributed by atoms with van der Waals surface area (Å²) >= 11 is 0. The van der Waals surface area contributed by atoms with Crippen LogP contribution in [0.1, 0.15) is 23.2 Å². The number of carbonyl (C=O) groups is 1. The molecule has 2 aromatic carbocycles. The Kier molecular flexibility index (Phi) is 5.15. The SMILES string of the molecule is O=C(Nc1ccc(-c2ccc(N3CCCC3)nn2)cc1)c1ccccc1[N+](=O)[O-]. The van der Waals surface area contributed by atoms with Crippen LogP contribution in [0.4, 0.5) is 17.2 Å². The molecule has 0 bridgehead atoms. The van der Waals surface area contributed by atoms with Gasteiger partial charge in [0, 0.05) is 30.4 Å². The zero-order chi connectivity index (χ0) is 20.2. The van der Waals surface area contributed by atoms with Gasteiger partial charge in [0.15, 0.2) is 5.82 Å². The molecular formula is C21H19N5O3. The van der Waals surface area contributed by atoms with Gasteiger partial charge in [-0.15, -0.1) is 10.2 Å². The van der Waals surface area contributed by atoms with Crippen LogP contribution in [0.3, 0.4) is 0 Å². The number of nitrogens with one attached hydrogen (secondary N) is 1. The van der Waals surface area contributed by atoms with Crippen molar-refractivity contribution < 1.29 is 9.72 Å². The number of hydrogen-bond donors (Lipinski definition) is 1. The lowest BCUT2D eigenvalue weighted by Gasteiger charge is -2.15. The quantitative estimate of drug-likeness (QED) is 0.524. The van der Waals surface area contributed by atoms with E-state index in [2.05, 4.69) is 20.4 Å². The Labute approximate surface area is 167 Å². The van der Waals surface area contributed by atoms with Gasteiger partial charge in [-0.3, -0.25) is 14.9 Å². The van der Waals surface area contributed by atoms with Gasteiger partial charge in [-0.25, -0.2) is 0 Å². The third-order valence-corrected chi connectivity index (χ3v) is 4.86. The molecule has 8 heteroatoms. The van der Waals surface area contributed by atoms with Crippen LogP contribution in [-0.2, 0) is 0 Å². The molecule has 146 valence electrons. The van der Waals surface area contributed by atoms with Crippen molar-refractivity contribution in [1.29, 1.82) is 0 Å². The van der Waals surface area contributed by atoms with Gasteiger partial charge in [-0.05, 0) is 43.2 Å². The van der Waals surface area contributed by atoms with Gasteiger partial charge in [0.25, 0.3) is 11.6 Å². The first-order chi connectivity index (χ1) is 14.1. The summed E-state index contributed by atoms with van der Waals surface area (Å²) in [7, 11) is 0. The van der Waals surface area contributed by atoms with Crippen molar-refractivity contribution in [3.8, 4) is 11.3 Å². The topological polar surface area (TPSA) is 101 Å². The van der Waals surface area contributed by atoms with Crippen molar-refractivity contribution in [2.24, 2.45) is 0 Å². The van der Waals surface area contributed by atoms with Gasteiger partial charge in [0.1, 0.15) is 5.56 Å². The summed E-state index contributed by atoms with van der Waals surface area (Å²) in [6.45, 7) is 2.03. The van der Waals surface area contributed by atoms with Crippen molar-refractivity contribution in [2.45, 2.75) is 12.8 Å². The van der Waals surface area contributed by atoms with E-state index in [0.717, 1.165) is 30.2 Å². The predicted octanol–water partition coefficient (Wildman–Crippen LogP) is 3.90. The van der Waals surface area contributed by atoms with Gasteiger partial charge in [-0.1, -0.05) is 24.3 Å². The summed E-state index contributed by atoms with van der Waals surface area (Å²) in [5.74, 6) is 0.361. The minimum atomic E-state index is -0.567. The number of para-hydroxylation sites is 1. The molecule has 1 saturated heterocycles. The van der Waals surface area contributed by atoms with E-state index in [4.69, 9.17) is 0 Å². The summed E-state index contributed by atoms with van der Waals surface area (Å²) in [4.78, 5) is 25.2. The largest absolute Gasteiger partial charge is 0.355 e. The van der Waals surface area contributed by atoms with E-state index in [9.17, 15) is 14.9 Å². The first-order valence-electron chi connectivity index (χ1n) is 9.36. The molecule has 0 atom stereocenters. The number of nitro benzene ring substituents is 1. The van der Waals surface area contributed by atoms with Crippen molar-refractivity contribution in [2.75, 3.05) is 23.3 Å². The van der Waals surface area contributed by atoms with Crippen LogP contribution in [-0.4, -0.2) is 34.1 Å². The summed E-state index contributed by atoms with van der Waals surface area (Å²) in [5, 5.41) is 22.4. The molecule has 1 fully saturated rings. The van der Waals surface area contributed by atoms with Crippen LogP contribution in [0, 0.1) is 10.1 Å². The molecule has 1 aliphatic heterocycles. The lowest BCUT2D eigenvalue weighted by Crippen LogP contribution is -2.19. The second-order valence-electron chi connectivity index (χ2n) is 6.78. The number of nitro groups is 1. The second-order valence-corrected chi connectivity index (χ2v) is 6.78. The van der Waals surface area contributed by atoms with Gasteiger partial charge in [0.05, 0.1) is 10.6 Å². The van der Waals surface area contributed by atoms with Gasteiger partial charge >= 0.3 is 0 Å². The minimum absolute atomic E-state index is 0.0185. The summed E-state index contributed by atoms with van der Waals surface area (Å²) < 4.78 is 0. The number of aromatic nitrogens is 2. The number of amides is 1. The van der Waals surface area contributed by atoms with Crippen molar-refractivity contribution in [3.05, 3.63) is 76.3 Å². The average Bonchev–Trinajstić information content (AvgIpc) is 3.29. The van der Waals surface area contributed by atoms with Crippen LogP contribution in [0.25, 0.3) is 11.3 Å². The second kappa shape index (κ2) is 8.05. The predicted molar refractivity (Wildman–Crippen MR) is 110 cm³/mol. The average molecular weight is 389 g/mol. The van der Waals surface area contributed by atoms with Crippen LogP contribution < -0.4 is 10.2 Å². The Bertz CT molecular complexity index is 1030. The molecule has 29 heavy (non-hydrogen) atoms. The smallest absolute Gasteiger partial charge is 0.282 e. The molecule has 8 nitrogen and oxygen atoms in total. The standard InChI is InChI=1S/C21H19N5O3/c27-21(17-5-1-2-6-19(17)26(28)29)22-16-9-7-15(8-10-16)18-11-12-20(24-23-18)25-13-3-4-14-25/h1-2,5-12H,3-4,13-14H2,(H,22,27). The van der Waals surface area contributed by atoms with Crippen LogP contribution in [0.2, 0.25) is 0 Å². The van der Waals surface area contributed by atoms with E-state index in [1.807, 2.05) is 24.3 Å². The van der Waals surface area contributed by atoms with Crippen LogP contribution in [0.5, 0.6) is 0 Å². The number of rotatable bonds is 5. The highest BCUT2D eigenvalue weighted by Gasteiger charge is 2.19. The van der Waals surface area contributed by atoms with Gasteiger partial charge < -0.3 is 10.2 Å². The first kappa shape index (κ1) is 18.5. The summed E-state index contributed by atoms with van der Waals surface area (Å²) in [6.07, 6.45) is 2.37. The lowest BCUT2D eigenvalue weighted by molar-refractivity contribution is -0.385. The Morgan fingerprint density at radius 1 is 0.966 bits per heavy atom. The van der Waals surface area contributed by atoms with Crippen molar-refractivity contribution in [1.82, 2.24) is 10.2 Å². The van der Waals surface area contributed by atoms with E-state index in [1.54, 1.807) is 18.2 Å².